The van der Waals surface area contributed by atoms with E-state index in [-0.39, 0.29) is 92.2 Å². The van der Waals surface area contributed by atoms with Gasteiger partial charge in [0.25, 0.3) is 5.91 Å². The second-order valence-corrected chi connectivity index (χ2v) is 30.9. The van der Waals surface area contributed by atoms with E-state index in [1.807, 2.05) is 119 Å². The van der Waals surface area contributed by atoms with E-state index in [1.54, 1.807) is 83.9 Å². The van der Waals surface area contributed by atoms with E-state index in [9.17, 15) is 54.0 Å². The Labute approximate surface area is 623 Å². The summed E-state index contributed by atoms with van der Waals surface area (Å²) in [6.07, 6.45) is 2.16. The number of aliphatic hydroxyl groups is 4. The zero-order valence-corrected chi connectivity index (χ0v) is 63.1. The molecule has 9 heterocycles. The van der Waals surface area contributed by atoms with Gasteiger partial charge in [0.05, 0.1) is 115 Å². The molecule has 0 bridgehead atoms. The number of aliphatic hydroxyl groups excluding tert-OH is 3. The molecule has 105 heavy (non-hydrogen) atoms. The number of Topliss-reactive ketones (excluding diaryl/α,β-unsaturated/α-hetero) is 3. The number of likely N-dealkylation sites (tertiary alicyclic amines) is 3. The predicted molar refractivity (Wildman–Crippen MR) is 400 cm³/mol. The van der Waals surface area contributed by atoms with Crippen LogP contribution in [0.4, 0.5) is 0 Å². The highest BCUT2D eigenvalue weighted by Crippen LogP contribution is 2.37. The molecule has 552 valence electrons. The Morgan fingerprint density at radius 1 is 0.571 bits per heavy atom. The Morgan fingerprint density at radius 2 is 1.00 bits per heavy atom. The number of fused-ring (bicyclic) bond motifs is 1. The van der Waals surface area contributed by atoms with Crippen molar-refractivity contribution in [1.29, 1.82) is 0 Å². The van der Waals surface area contributed by atoms with Crippen LogP contribution in [0.5, 0.6) is 0 Å². The van der Waals surface area contributed by atoms with Gasteiger partial charge in [0, 0.05) is 75.9 Å². The lowest BCUT2D eigenvalue weighted by molar-refractivity contribution is -0.143. The van der Waals surface area contributed by atoms with E-state index in [2.05, 4.69) is 49.5 Å². The second kappa shape index (κ2) is 34.0. The third-order valence-electron chi connectivity index (χ3n) is 20.3. The van der Waals surface area contributed by atoms with Gasteiger partial charge >= 0.3 is 0 Å². The van der Waals surface area contributed by atoms with Gasteiger partial charge in [0.15, 0.2) is 17.3 Å². The molecule has 4 amide bonds. The van der Waals surface area contributed by atoms with Gasteiger partial charge in [-0.3, -0.25) is 33.6 Å². The Hall–Kier alpha value is -9.08. The van der Waals surface area contributed by atoms with Gasteiger partial charge in [-0.1, -0.05) is 122 Å². The molecule has 9 aromatic rings. The highest BCUT2D eigenvalue weighted by molar-refractivity contribution is 7.14. The summed E-state index contributed by atoms with van der Waals surface area (Å²) in [7, 11) is 0. The van der Waals surface area contributed by atoms with Gasteiger partial charge in [-0.2, -0.15) is 0 Å². The van der Waals surface area contributed by atoms with Gasteiger partial charge in [0.2, 0.25) is 17.7 Å². The molecule has 25 heteroatoms. The number of thiazole rings is 3. The average Bonchev–Trinajstić information content (AvgIpc) is 1.62. The van der Waals surface area contributed by atoms with E-state index >= 15 is 0 Å². The smallest absolute Gasteiger partial charge is 0.255 e. The molecule has 0 aliphatic carbocycles. The number of aromatic nitrogens is 5. The molecule has 22 nitrogen and oxygen atoms in total. The van der Waals surface area contributed by atoms with Crippen LogP contribution in [-0.2, 0) is 54.6 Å². The molecule has 9 atom stereocenters. The third-order valence-corrected chi connectivity index (χ3v) is 23.2. The first-order valence-corrected chi connectivity index (χ1v) is 38.4. The number of amides is 4. The van der Waals surface area contributed by atoms with Gasteiger partial charge < -0.3 is 49.1 Å². The number of nitrogens with zero attached hydrogens (tertiary/aromatic N) is 9. The first-order chi connectivity index (χ1) is 50.3. The Balaban J connectivity index is 0.000000159. The molecule has 4 aliphatic rings. The summed E-state index contributed by atoms with van der Waals surface area (Å²) in [5, 5.41) is 49.0. The fourth-order valence-electron chi connectivity index (χ4n) is 14.5. The SMILES string of the molecule is CC[C@@H](C(=O)N1C[C@H](O)C[C@H]1C(=O)CCc1ccc(-c2scnc2C)cc1)c1cc(C)no1.Cc1cc([C@H](C)C(=O)N2C[C@H](O)C[C@H]2C(=O)CCc2ccc(-c3scnc3C)cc2)on1.Cc1ncsc1-c1ccc(CCC(=O)[C@@H]2C[C@@](O)(CO)CN2C(=O)[C@H](C(C)C)N2Cc3ccccc3C2=O)cc1. The molecule has 4 N–H and O–H groups in total. The van der Waals surface area contributed by atoms with Gasteiger partial charge in [-0.25, -0.2) is 15.0 Å². The maximum atomic E-state index is 14.0. The number of aryl methyl sites for hydroxylation is 8. The second-order valence-electron chi connectivity index (χ2n) is 28.4. The van der Waals surface area contributed by atoms with E-state index in [0.29, 0.717) is 73.5 Å². The van der Waals surface area contributed by atoms with Crippen molar-refractivity contribution in [3.8, 4) is 31.3 Å². The fraction of sp³-hybridized carbons (Fsp3) is 0.425. The minimum absolute atomic E-state index is 0.0223. The number of β-amino-alcohol motifs (C(OH)–C–C–N with tert-alkyl or cyclic N) is 3. The number of hydrogen-bond acceptors (Lipinski definition) is 21. The van der Waals surface area contributed by atoms with Crippen molar-refractivity contribution in [1.82, 2.24) is 44.9 Å². The molecular formula is C80H91N9O13S3. The van der Waals surface area contributed by atoms with Gasteiger partial charge in [-0.15, -0.1) is 34.0 Å². The number of carbonyl (C=O) groups is 7. The highest BCUT2D eigenvalue weighted by Gasteiger charge is 2.51. The molecule has 0 unspecified atom stereocenters. The average molecular weight is 1480 g/mol. The summed E-state index contributed by atoms with van der Waals surface area (Å²) in [6.45, 7) is 16.9. The maximum Gasteiger partial charge on any atom is 0.255 e. The first kappa shape index (κ1) is 77.0. The minimum Gasteiger partial charge on any atom is -0.393 e. The molecule has 5 aromatic heterocycles. The first-order valence-electron chi connectivity index (χ1n) is 35.7. The van der Waals surface area contributed by atoms with Crippen molar-refractivity contribution in [3.05, 3.63) is 194 Å². The van der Waals surface area contributed by atoms with Gasteiger partial charge in [0.1, 0.15) is 23.2 Å². The van der Waals surface area contributed by atoms with Crippen LogP contribution in [0.2, 0.25) is 0 Å². The molecule has 0 spiro atoms. The van der Waals surface area contributed by atoms with Crippen molar-refractivity contribution in [2.75, 3.05) is 26.2 Å². The van der Waals surface area contributed by atoms with Gasteiger partial charge in [-0.05, 0) is 118 Å². The summed E-state index contributed by atoms with van der Waals surface area (Å²) in [5.41, 5.74) is 16.2. The fourth-order valence-corrected chi connectivity index (χ4v) is 16.9. The number of hydrogen-bond donors (Lipinski definition) is 4. The van der Waals surface area contributed by atoms with Crippen LogP contribution in [-0.4, -0.2) is 174 Å². The van der Waals surface area contributed by atoms with Crippen LogP contribution < -0.4 is 0 Å². The van der Waals surface area contributed by atoms with Crippen LogP contribution in [0.25, 0.3) is 31.3 Å². The standard InChI is InChI=1S/C31H35N3O5S.C25H29N3O4S.C24H27N3O4S/c1-19(2)27(33-15-23-6-4-5-7-24(23)29(33)37)30(38)34-16-31(39,17-35)14-25(34)26(36)13-10-21-8-11-22(12-9-21)28-20(3)32-18-40-28;1-4-20(23-11-15(2)27-32-23)25(31)28-13-19(29)12-21(28)22(30)10-7-17-5-8-18(9-6-17)24-16(3)26-14-33-24;1-14-10-22(31-26-14)15(2)24(30)27-12-19(28)11-20(27)21(29)9-6-17-4-7-18(8-5-17)23-16(3)25-13-32-23/h4-9,11-12,18-19,25,27,35,39H,10,13-17H2,1-3H3;5-6,8-9,11,14,19-21,29H,4,7,10,12-13H2,1-3H3;4-5,7-8,10,13,15,19-20,28H,6,9,11-12H2,1-3H3/t25-,27-,31-;19-,20-,21+;15-,19+,20-/m010/s1. The van der Waals surface area contributed by atoms with E-state index in [4.69, 9.17) is 9.05 Å². The summed E-state index contributed by atoms with van der Waals surface area (Å²) < 4.78 is 10.6. The Kier molecular flexibility index (Phi) is 24.9. The van der Waals surface area contributed by atoms with Crippen molar-refractivity contribution in [2.24, 2.45) is 5.92 Å². The lowest BCUT2D eigenvalue weighted by Gasteiger charge is -2.35. The number of rotatable bonds is 24. The van der Waals surface area contributed by atoms with E-state index in [0.717, 1.165) is 70.7 Å². The molecule has 4 aliphatic heterocycles. The number of ketones is 3. The molecular weight excluding hydrogens is 1390 g/mol. The topological polar surface area (TPSA) is 304 Å². The lowest BCUT2D eigenvalue weighted by Crippen LogP contribution is -2.54. The van der Waals surface area contributed by atoms with Crippen molar-refractivity contribution < 1.29 is 63.0 Å². The number of carbonyl (C=O) groups excluding carboxylic acids is 7. The zero-order valence-electron chi connectivity index (χ0n) is 60.6. The van der Waals surface area contributed by atoms with Crippen LogP contribution >= 0.6 is 34.0 Å². The van der Waals surface area contributed by atoms with Crippen LogP contribution in [0.1, 0.15) is 157 Å². The normalized spacial score (nSPS) is 20.0. The molecule has 0 saturated carbocycles. The van der Waals surface area contributed by atoms with Crippen LogP contribution in [0.15, 0.2) is 135 Å². The van der Waals surface area contributed by atoms with Crippen molar-refractivity contribution in [2.45, 2.75) is 187 Å². The highest BCUT2D eigenvalue weighted by atomic mass is 32.1. The monoisotopic (exact) mass is 1480 g/mol. The minimum atomic E-state index is -1.57. The molecule has 0 radical (unpaired) electrons. The summed E-state index contributed by atoms with van der Waals surface area (Å²) in [4.78, 5) is 115. The molecule has 3 saturated heterocycles. The lowest BCUT2D eigenvalue weighted by atomic mass is 9.95. The zero-order chi connectivity index (χ0) is 75.0. The summed E-state index contributed by atoms with van der Waals surface area (Å²) in [5.74, 6) is -1.52. The molecule has 3 fully saturated rings. The number of benzene rings is 4. The van der Waals surface area contributed by atoms with Crippen LogP contribution in [0, 0.1) is 40.5 Å². The Morgan fingerprint density at radius 3 is 1.39 bits per heavy atom. The largest absolute Gasteiger partial charge is 0.393 e. The van der Waals surface area contributed by atoms with E-state index < -0.39 is 60.4 Å². The van der Waals surface area contributed by atoms with Crippen molar-refractivity contribution >= 4 is 75.0 Å². The predicted octanol–water partition coefficient (Wildman–Crippen LogP) is 11.4. The van der Waals surface area contributed by atoms with Crippen molar-refractivity contribution in [3.63, 3.8) is 0 Å². The van der Waals surface area contributed by atoms with Crippen LogP contribution in [0.3, 0.4) is 0 Å². The maximum absolute atomic E-state index is 14.0. The quantitative estimate of drug-likeness (QED) is 0.0437. The summed E-state index contributed by atoms with van der Waals surface area (Å²) in [6, 6.07) is 32.3. The summed E-state index contributed by atoms with van der Waals surface area (Å²) >= 11 is 4.81. The molecule has 4 aromatic carbocycles. The van der Waals surface area contributed by atoms with E-state index in [1.165, 1.54) is 14.7 Å². The Bertz CT molecular complexity index is 4540. The molecule has 13 rings (SSSR count). The third kappa shape index (κ3) is 17.9.